The minimum Gasteiger partial charge on any atom is -0.366 e. The quantitative estimate of drug-likeness (QED) is 0.771. The highest BCUT2D eigenvalue weighted by atomic mass is 32.2. The maximum Gasteiger partial charge on any atom is 0.248 e. The lowest BCUT2D eigenvalue weighted by Crippen LogP contribution is -2.38. The number of nitrogens with one attached hydrogen (secondary N) is 1. The molecule has 1 heterocycles. The molecule has 2 rings (SSSR count). The first-order valence-corrected chi connectivity index (χ1v) is 9.16. The molecule has 0 aromatic heterocycles. The van der Waals surface area contributed by atoms with Gasteiger partial charge in [-0.15, -0.1) is 0 Å². The minimum atomic E-state index is -3.15. The van der Waals surface area contributed by atoms with E-state index in [1.165, 1.54) is 0 Å². The Bertz CT molecular complexity index is 613. The molecule has 1 aliphatic rings. The highest BCUT2D eigenvalue weighted by molar-refractivity contribution is 7.89. The van der Waals surface area contributed by atoms with Crippen molar-refractivity contribution in [1.29, 1.82) is 0 Å². The number of nitrogens with two attached hydrogens (primary N) is 1. The molecule has 1 amide bonds. The van der Waals surface area contributed by atoms with Gasteiger partial charge in [-0.25, -0.2) is 13.1 Å². The monoisotopic (exact) mass is 325 g/mol. The van der Waals surface area contributed by atoms with Crippen LogP contribution < -0.4 is 10.5 Å². The minimum absolute atomic E-state index is 0.0126. The summed E-state index contributed by atoms with van der Waals surface area (Å²) in [5.41, 5.74) is 6.80. The van der Waals surface area contributed by atoms with E-state index in [0.717, 1.165) is 25.1 Å². The smallest absolute Gasteiger partial charge is 0.248 e. The van der Waals surface area contributed by atoms with Crippen molar-refractivity contribution in [3.05, 3.63) is 35.4 Å². The fourth-order valence-corrected chi connectivity index (χ4v) is 4.04. The molecular formula is C15H23N3O3S. The molecule has 0 bridgehead atoms. The number of benzene rings is 1. The summed E-state index contributed by atoms with van der Waals surface area (Å²) in [6.45, 7) is 4.17. The molecule has 22 heavy (non-hydrogen) atoms. The summed E-state index contributed by atoms with van der Waals surface area (Å²) in [4.78, 5) is 13.2. The van der Waals surface area contributed by atoms with Crippen molar-refractivity contribution in [1.82, 2.24) is 9.62 Å². The third kappa shape index (κ3) is 4.79. The van der Waals surface area contributed by atoms with Gasteiger partial charge in [-0.05, 0) is 30.5 Å². The van der Waals surface area contributed by atoms with E-state index >= 15 is 0 Å². The zero-order valence-corrected chi connectivity index (χ0v) is 13.6. The second kappa shape index (κ2) is 7.21. The Hall–Kier alpha value is -1.44. The molecule has 1 aliphatic heterocycles. The molecule has 6 nitrogen and oxygen atoms in total. The van der Waals surface area contributed by atoms with E-state index in [0.29, 0.717) is 18.5 Å². The molecule has 1 aromatic rings. The summed E-state index contributed by atoms with van der Waals surface area (Å²) >= 11 is 0. The van der Waals surface area contributed by atoms with Gasteiger partial charge in [0.2, 0.25) is 15.9 Å². The van der Waals surface area contributed by atoms with E-state index in [1.54, 1.807) is 12.1 Å². The van der Waals surface area contributed by atoms with Gasteiger partial charge in [0.05, 0.1) is 5.75 Å². The Morgan fingerprint density at radius 2 is 2.05 bits per heavy atom. The van der Waals surface area contributed by atoms with E-state index in [1.807, 2.05) is 19.1 Å². The van der Waals surface area contributed by atoms with Crippen LogP contribution in [0.3, 0.4) is 0 Å². The van der Waals surface area contributed by atoms with Gasteiger partial charge in [0.15, 0.2) is 0 Å². The predicted molar refractivity (Wildman–Crippen MR) is 85.9 cm³/mol. The number of amides is 1. The molecule has 1 atom stereocenters. The maximum absolute atomic E-state index is 11.8. The fraction of sp³-hybridized carbons (Fsp3) is 0.533. The van der Waals surface area contributed by atoms with Crippen molar-refractivity contribution in [2.24, 2.45) is 5.73 Å². The first-order chi connectivity index (χ1) is 10.4. The third-order valence-corrected chi connectivity index (χ3v) is 5.37. The van der Waals surface area contributed by atoms with Crippen LogP contribution in [0.15, 0.2) is 24.3 Å². The van der Waals surface area contributed by atoms with Crippen LogP contribution in [0, 0.1) is 0 Å². The number of nitrogens with zero attached hydrogens (tertiary/aromatic N) is 1. The van der Waals surface area contributed by atoms with Crippen LogP contribution in [0.25, 0.3) is 0 Å². The lowest BCUT2D eigenvalue weighted by Gasteiger charge is -2.17. The number of carbonyl (C=O) groups excluding carboxylic acids is 1. The molecule has 0 spiro atoms. The zero-order chi connectivity index (χ0) is 16.2. The van der Waals surface area contributed by atoms with Crippen molar-refractivity contribution in [2.45, 2.75) is 32.4 Å². The summed E-state index contributed by atoms with van der Waals surface area (Å²) in [6, 6.07) is 7.19. The van der Waals surface area contributed by atoms with Gasteiger partial charge in [-0.2, -0.15) is 0 Å². The topological polar surface area (TPSA) is 92.5 Å². The lowest BCUT2D eigenvalue weighted by molar-refractivity contribution is 0.100. The van der Waals surface area contributed by atoms with Crippen molar-refractivity contribution in [2.75, 3.05) is 18.8 Å². The van der Waals surface area contributed by atoms with Gasteiger partial charge in [-0.3, -0.25) is 9.69 Å². The molecule has 0 aliphatic carbocycles. The van der Waals surface area contributed by atoms with Gasteiger partial charge in [0.1, 0.15) is 0 Å². The average Bonchev–Trinajstić information content (AvgIpc) is 2.85. The molecule has 0 radical (unpaired) electrons. The predicted octanol–water partition coefficient (Wildman–Crippen LogP) is 0.689. The van der Waals surface area contributed by atoms with E-state index in [-0.39, 0.29) is 11.8 Å². The normalized spacial score (nSPS) is 19.4. The number of sulfonamides is 1. The standard InChI is InChI=1S/C15H23N3O3S/c1-2-9-22(20,21)17-14-7-8-18(11-14)10-12-3-5-13(6-4-12)15(16)19/h3-6,14,17H,2,7-11H2,1H3,(H2,16,19). The van der Waals surface area contributed by atoms with Gasteiger partial charge >= 0.3 is 0 Å². The summed E-state index contributed by atoms with van der Waals surface area (Å²) < 4.78 is 26.3. The van der Waals surface area contributed by atoms with Crippen molar-refractivity contribution in [3.63, 3.8) is 0 Å². The van der Waals surface area contributed by atoms with Crippen LogP contribution >= 0.6 is 0 Å². The fourth-order valence-electron chi connectivity index (χ4n) is 2.69. The zero-order valence-electron chi connectivity index (χ0n) is 12.8. The van der Waals surface area contributed by atoms with Gasteiger partial charge < -0.3 is 5.73 Å². The number of hydrogen-bond donors (Lipinski definition) is 2. The van der Waals surface area contributed by atoms with Crippen LogP contribution in [-0.2, 0) is 16.6 Å². The number of carbonyl (C=O) groups is 1. The van der Waals surface area contributed by atoms with E-state index in [9.17, 15) is 13.2 Å². The Morgan fingerprint density at radius 1 is 1.36 bits per heavy atom. The lowest BCUT2D eigenvalue weighted by atomic mass is 10.1. The Balaban J connectivity index is 1.87. The second-order valence-electron chi connectivity index (χ2n) is 5.72. The number of primary amides is 1. The molecule has 1 fully saturated rings. The van der Waals surface area contributed by atoms with Crippen LogP contribution in [0.2, 0.25) is 0 Å². The molecule has 1 saturated heterocycles. The Morgan fingerprint density at radius 3 is 2.64 bits per heavy atom. The molecule has 1 unspecified atom stereocenters. The highest BCUT2D eigenvalue weighted by Gasteiger charge is 2.25. The molecule has 0 saturated carbocycles. The van der Waals surface area contributed by atoms with Gasteiger partial charge in [0, 0.05) is 31.2 Å². The highest BCUT2D eigenvalue weighted by Crippen LogP contribution is 2.15. The van der Waals surface area contributed by atoms with E-state index in [4.69, 9.17) is 5.73 Å². The van der Waals surface area contributed by atoms with E-state index < -0.39 is 15.9 Å². The number of rotatable bonds is 7. The Labute approximate surface area is 131 Å². The summed E-state index contributed by atoms with van der Waals surface area (Å²) in [5.74, 6) is -0.254. The van der Waals surface area contributed by atoms with Crippen LogP contribution in [0.1, 0.15) is 35.7 Å². The number of hydrogen-bond acceptors (Lipinski definition) is 4. The molecular weight excluding hydrogens is 302 g/mol. The first-order valence-electron chi connectivity index (χ1n) is 7.50. The Kier molecular flexibility index (Phi) is 5.55. The first kappa shape index (κ1) is 16.9. The molecule has 1 aromatic carbocycles. The number of likely N-dealkylation sites (tertiary alicyclic amines) is 1. The van der Waals surface area contributed by atoms with Crippen molar-refractivity contribution < 1.29 is 13.2 Å². The molecule has 122 valence electrons. The van der Waals surface area contributed by atoms with Crippen LogP contribution in [-0.4, -0.2) is 44.1 Å². The summed E-state index contributed by atoms with van der Waals surface area (Å²) in [6.07, 6.45) is 1.44. The van der Waals surface area contributed by atoms with Crippen molar-refractivity contribution >= 4 is 15.9 Å². The van der Waals surface area contributed by atoms with Crippen LogP contribution in [0.4, 0.5) is 0 Å². The van der Waals surface area contributed by atoms with Gasteiger partial charge in [0.25, 0.3) is 0 Å². The van der Waals surface area contributed by atoms with Crippen LogP contribution in [0.5, 0.6) is 0 Å². The van der Waals surface area contributed by atoms with E-state index in [2.05, 4.69) is 9.62 Å². The molecule has 3 N–H and O–H groups in total. The average molecular weight is 325 g/mol. The summed E-state index contributed by atoms with van der Waals surface area (Å²) in [7, 11) is -3.15. The molecule has 7 heteroatoms. The SMILES string of the molecule is CCCS(=O)(=O)NC1CCN(Cc2ccc(C(N)=O)cc2)C1. The largest absolute Gasteiger partial charge is 0.366 e. The van der Waals surface area contributed by atoms with Gasteiger partial charge in [-0.1, -0.05) is 19.1 Å². The summed E-state index contributed by atoms with van der Waals surface area (Å²) in [5, 5.41) is 0. The third-order valence-electron chi connectivity index (χ3n) is 3.74. The van der Waals surface area contributed by atoms with Crippen molar-refractivity contribution in [3.8, 4) is 0 Å². The maximum atomic E-state index is 11.8. The second-order valence-corrected chi connectivity index (χ2v) is 7.59.